The van der Waals surface area contributed by atoms with Crippen molar-refractivity contribution < 1.29 is 9.18 Å². The standard InChI is InChI=1S/C15H14ClFN2O/c1-2-19(10-11-4-3-5-13(17)8-11)15(20)12-6-7-18-14(16)9-12/h3-9H,2,10H2,1H3. The van der Waals surface area contributed by atoms with Crippen molar-refractivity contribution in [1.82, 2.24) is 9.88 Å². The number of hydrogen-bond acceptors (Lipinski definition) is 2. The summed E-state index contributed by atoms with van der Waals surface area (Å²) in [4.78, 5) is 17.8. The maximum atomic E-state index is 13.2. The summed E-state index contributed by atoms with van der Waals surface area (Å²) in [5.74, 6) is -0.459. The highest BCUT2D eigenvalue weighted by molar-refractivity contribution is 6.29. The van der Waals surface area contributed by atoms with Crippen molar-refractivity contribution in [3.8, 4) is 0 Å². The van der Waals surface area contributed by atoms with Crippen molar-refractivity contribution in [2.24, 2.45) is 0 Å². The van der Waals surface area contributed by atoms with E-state index in [0.29, 0.717) is 18.7 Å². The van der Waals surface area contributed by atoms with Gasteiger partial charge in [0.1, 0.15) is 11.0 Å². The van der Waals surface area contributed by atoms with E-state index < -0.39 is 0 Å². The van der Waals surface area contributed by atoms with Gasteiger partial charge in [0.15, 0.2) is 0 Å². The van der Waals surface area contributed by atoms with Crippen LogP contribution in [0, 0.1) is 5.82 Å². The van der Waals surface area contributed by atoms with Crippen molar-refractivity contribution in [1.29, 1.82) is 0 Å². The fourth-order valence-corrected chi connectivity index (χ4v) is 2.07. The molecule has 0 spiro atoms. The largest absolute Gasteiger partial charge is 0.335 e. The van der Waals surface area contributed by atoms with E-state index in [-0.39, 0.29) is 16.9 Å². The average molecular weight is 293 g/mol. The number of amides is 1. The molecule has 0 saturated heterocycles. The molecule has 0 aliphatic carbocycles. The zero-order valence-electron chi connectivity index (χ0n) is 11.0. The summed E-state index contributed by atoms with van der Waals surface area (Å²) < 4.78 is 13.2. The lowest BCUT2D eigenvalue weighted by Gasteiger charge is -2.21. The van der Waals surface area contributed by atoms with Gasteiger partial charge in [-0.2, -0.15) is 0 Å². The smallest absolute Gasteiger partial charge is 0.254 e. The molecular weight excluding hydrogens is 279 g/mol. The Morgan fingerprint density at radius 3 is 2.80 bits per heavy atom. The Morgan fingerprint density at radius 1 is 1.35 bits per heavy atom. The molecule has 0 unspecified atom stereocenters. The van der Waals surface area contributed by atoms with Crippen LogP contribution in [0.4, 0.5) is 4.39 Å². The number of nitrogens with zero attached hydrogens (tertiary/aromatic N) is 2. The van der Waals surface area contributed by atoms with Crippen LogP contribution < -0.4 is 0 Å². The number of aromatic nitrogens is 1. The van der Waals surface area contributed by atoms with Crippen LogP contribution in [0.1, 0.15) is 22.8 Å². The van der Waals surface area contributed by atoms with E-state index in [1.165, 1.54) is 24.4 Å². The molecule has 0 aliphatic rings. The predicted molar refractivity (Wildman–Crippen MR) is 76.1 cm³/mol. The van der Waals surface area contributed by atoms with Gasteiger partial charge < -0.3 is 4.90 Å². The molecular formula is C15H14ClFN2O. The molecule has 0 N–H and O–H groups in total. The number of rotatable bonds is 4. The first-order valence-corrected chi connectivity index (χ1v) is 6.63. The van der Waals surface area contributed by atoms with Crippen LogP contribution in [0.2, 0.25) is 5.15 Å². The third-order valence-electron chi connectivity index (χ3n) is 2.90. The van der Waals surface area contributed by atoms with E-state index in [2.05, 4.69) is 4.98 Å². The van der Waals surface area contributed by atoms with E-state index in [0.717, 1.165) is 5.56 Å². The molecule has 1 amide bonds. The Balaban J connectivity index is 2.18. The van der Waals surface area contributed by atoms with Gasteiger partial charge in [0.2, 0.25) is 0 Å². The quantitative estimate of drug-likeness (QED) is 0.808. The van der Waals surface area contributed by atoms with Crippen molar-refractivity contribution in [3.05, 3.63) is 64.7 Å². The molecule has 0 atom stereocenters. The van der Waals surface area contributed by atoms with Crippen LogP contribution in [0.3, 0.4) is 0 Å². The van der Waals surface area contributed by atoms with Crippen LogP contribution in [-0.2, 0) is 6.54 Å². The summed E-state index contributed by atoms with van der Waals surface area (Å²) in [6.45, 7) is 2.75. The van der Waals surface area contributed by atoms with Gasteiger partial charge in [-0.05, 0) is 36.8 Å². The summed E-state index contributed by atoms with van der Waals surface area (Å²) in [5, 5.41) is 0.276. The fraction of sp³-hybridized carbons (Fsp3) is 0.200. The average Bonchev–Trinajstić information content (AvgIpc) is 2.44. The zero-order chi connectivity index (χ0) is 14.5. The molecule has 1 aromatic heterocycles. The molecule has 0 fully saturated rings. The van der Waals surface area contributed by atoms with Gasteiger partial charge in [-0.25, -0.2) is 9.37 Å². The number of pyridine rings is 1. The minimum Gasteiger partial charge on any atom is -0.335 e. The number of carbonyl (C=O) groups is 1. The van der Waals surface area contributed by atoms with E-state index in [4.69, 9.17) is 11.6 Å². The Morgan fingerprint density at radius 2 is 2.15 bits per heavy atom. The van der Waals surface area contributed by atoms with Crippen molar-refractivity contribution in [3.63, 3.8) is 0 Å². The van der Waals surface area contributed by atoms with Crippen molar-refractivity contribution >= 4 is 17.5 Å². The maximum Gasteiger partial charge on any atom is 0.254 e. The van der Waals surface area contributed by atoms with E-state index >= 15 is 0 Å². The second-order valence-electron chi connectivity index (χ2n) is 4.32. The first-order valence-electron chi connectivity index (χ1n) is 6.25. The predicted octanol–water partition coefficient (Wildman–Crippen LogP) is 3.54. The van der Waals surface area contributed by atoms with E-state index in [1.807, 2.05) is 6.92 Å². The number of halogens is 2. The summed E-state index contributed by atoms with van der Waals surface area (Å²) in [6.07, 6.45) is 1.49. The van der Waals surface area contributed by atoms with Gasteiger partial charge in [-0.15, -0.1) is 0 Å². The highest BCUT2D eigenvalue weighted by Crippen LogP contribution is 2.13. The monoisotopic (exact) mass is 292 g/mol. The van der Waals surface area contributed by atoms with Crippen molar-refractivity contribution in [2.75, 3.05) is 6.54 Å². The third-order valence-corrected chi connectivity index (χ3v) is 3.11. The third kappa shape index (κ3) is 3.54. The Kier molecular flexibility index (Phi) is 4.69. The second kappa shape index (κ2) is 6.48. The summed E-state index contributed by atoms with van der Waals surface area (Å²) in [6, 6.07) is 9.37. The lowest BCUT2D eigenvalue weighted by Crippen LogP contribution is -2.30. The molecule has 3 nitrogen and oxygen atoms in total. The molecule has 1 heterocycles. The van der Waals surface area contributed by atoms with Crippen LogP contribution in [0.15, 0.2) is 42.6 Å². The minimum atomic E-state index is -0.307. The summed E-state index contributed by atoms with van der Waals surface area (Å²) in [5.41, 5.74) is 1.23. The van der Waals surface area contributed by atoms with Gasteiger partial charge >= 0.3 is 0 Å². The Labute approximate surface area is 122 Å². The molecule has 2 aromatic rings. The first kappa shape index (κ1) is 14.5. The lowest BCUT2D eigenvalue weighted by atomic mass is 10.2. The molecule has 2 rings (SSSR count). The van der Waals surface area contributed by atoms with E-state index in [1.54, 1.807) is 23.1 Å². The molecule has 0 saturated carbocycles. The molecule has 0 aliphatic heterocycles. The van der Waals surface area contributed by atoms with Gasteiger partial charge in [0.25, 0.3) is 5.91 Å². The highest BCUT2D eigenvalue weighted by atomic mass is 35.5. The van der Waals surface area contributed by atoms with Crippen LogP contribution in [0.5, 0.6) is 0 Å². The van der Waals surface area contributed by atoms with Gasteiger partial charge in [-0.1, -0.05) is 23.7 Å². The number of hydrogen-bond donors (Lipinski definition) is 0. The molecule has 0 radical (unpaired) electrons. The molecule has 1 aromatic carbocycles. The first-order chi connectivity index (χ1) is 9.60. The fourth-order valence-electron chi connectivity index (χ4n) is 1.90. The maximum absolute atomic E-state index is 13.2. The van der Waals surface area contributed by atoms with Crippen LogP contribution >= 0.6 is 11.6 Å². The number of benzene rings is 1. The molecule has 104 valence electrons. The van der Waals surface area contributed by atoms with E-state index in [9.17, 15) is 9.18 Å². The Hall–Kier alpha value is -1.94. The van der Waals surface area contributed by atoms with Crippen LogP contribution in [-0.4, -0.2) is 22.3 Å². The van der Waals surface area contributed by atoms with Gasteiger partial charge in [-0.3, -0.25) is 4.79 Å². The SMILES string of the molecule is CCN(Cc1cccc(F)c1)C(=O)c1ccnc(Cl)c1. The highest BCUT2D eigenvalue weighted by Gasteiger charge is 2.15. The second-order valence-corrected chi connectivity index (χ2v) is 4.70. The lowest BCUT2D eigenvalue weighted by molar-refractivity contribution is 0.0752. The molecule has 20 heavy (non-hydrogen) atoms. The van der Waals surface area contributed by atoms with Gasteiger partial charge in [0, 0.05) is 24.8 Å². The Bertz CT molecular complexity index is 618. The topological polar surface area (TPSA) is 33.2 Å². The van der Waals surface area contributed by atoms with Crippen molar-refractivity contribution in [2.45, 2.75) is 13.5 Å². The summed E-state index contributed by atoms with van der Waals surface area (Å²) in [7, 11) is 0. The minimum absolute atomic E-state index is 0.152. The molecule has 0 bridgehead atoms. The molecule has 5 heteroatoms. The van der Waals surface area contributed by atoms with Gasteiger partial charge in [0.05, 0.1) is 0 Å². The normalized spacial score (nSPS) is 10.3. The zero-order valence-corrected chi connectivity index (χ0v) is 11.8. The number of carbonyl (C=O) groups excluding carboxylic acids is 1. The summed E-state index contributed by atoms with van der Waals surface area (Å²) >= 11 is 5.79. The van der Waals surface area contributed by atoms with Crippen LogP contribution in [0.25, 0.3) is 0 Å².